The van der Waals surface area contributed by atoms with Crippen LogP contribution in [0, 0.1) is 5.92 Å². The van der Waals surface area contributed by atoms with Crippen molar-refractivity contribution in [3.05, 3.63) is 53.2 Å². The average molecular weight is 310 g/mol. The van der Waals surface area contributed by atoms with Gasteiger partial charge in [-0.15, -0.1) is 10.2 Å². The molecule has 23 heavy (non-hydrogen) atoms. The quantitative estimate of drug-likeness (QED) is 0.942. The molecule has 1 amide bonds. The minimum absolute atomic E-state index is 0.165. The maximum absolute atomic E-state index is 12.0. The molecule has 0 unspecified atom stereocenters. The maximum atomic E-state index is 12.0. The Hall–Kier alpha value is -2.43. The second kappa shape index (κ2) is 6.77. The Morgan fingerprint density at radius 3 is 2.65 bits per heavy atom. The van der Waals surface area contributed by atoms with E-state index in [1.54, 1.807) is 6.07 Å². The maximum Gasteiger partial charge on any atom is 0.271 e. The topological polar surface area (TPSA) is 58.1 Å². The average Bonchev–Trinajstić information content (AvgIpc) is 2.59. The number of anilines is 1. The lowest BCUT2D eigenvalue weighted by Gasteiger charge is -2.29. The minimum atomic E-state index is -0.165. The first-order valence-corrected chi connectivity index (χ1v) is 8.07. The Balaban J connectivity index is 1.67. The fourth-order valence-electron chi connectivity index (χ4n) is 2.69. The van der Waals surface area contributed by atoms with Gasteiger partial charge in [0.15, 0.2) is 11.5 Å². The molecule has 2 aromatic rings. The molecule has 0 aliphatic carbocycles. The highest BCUT2D eigenvalue weighted by Crippen LogP contribution is 2.22. The summed E-state index contributed by atoms with van der Waals surface area (Å²) in [6, 6.07) is 12.1. The molecule has 3 rings (SSSR count). The van der Waals surface area contributed by atoms with Gasteiger partial charge in [0, 0.05) is 19.6 Å². The monoisotopic (exact) mass is 310 g/mol. The molecule has 1 aliphatic heterocycles. The number of fused-ring (bicyclic) bond motifs is 1. The minimum Gasteiger partial charge on any atom is -0.350 e. The molecule has 5 nitrogen and oxygen atoms in total. The first kappa shape index (κ1) is 15.5. The molecule has 0 radical (unpaired) electrons. The van der Waals surface area contributed by atoms with Crippen molar-refractivity contribution in [2.75, 3.05) is 18.0 Å². The predicted octanol–water partition coefficient (Wildman–Crippen LogP) is 2.43. The zero-order valence-corrected chi connectivity index (χ0v) is 13.6. The number of benzene rings is 1. The van der Waals surface area contributed by atoms with Gasteiger partial charge < -0.3 is 10.2 Å². The van der Waals surface area contributed by atoms with Crippen molar-refractivity contribution in [3.63, 3.8) is 0 Å². The van der Waals surface area contributed by atoms with Gasteiger partial charge >= 0.3 is 0 Å². The normalized spacial score (nSPS) is 13.8. The van der Waals surface area contributed by atoms with Crippen molar-refractivity contribution >= 4 is 11.7 Å². The highest BCUT2D eigenvalue weighted by Gasteiger charge is 2.18. The fourth-order valence-corrected chi connectivity index (χ4v) is 2.69. The first-order valence-electron chi connectivity index (χ1n) is 8.07. The summed E-state index contributed by atoms with van der Waals surface area (Å²) in [7, 11) is 0. The summed E-state index contributed by atoms with van der Waals surface area (Å²) in [6.45, 7) is 6.52. The Labute approximate surface area is 136 Å². The van der Waals surface area contributed by atoms with Crippen molar-refractivity contribution in [1.29, 1.82) is 0 Å². The second-order valence-corrected chi connectivity index (χ2v) is 6.32. The number of carbonyl (C=O) groups is 1. The Morgan fingerprint density at radius 2 is 1.96 bits per heavy atom. The third-order valence-corrected chi connectivity index (χ3v) is 4.01. The molecule has 1 N–H and O–H groups in total. The molecule has 1 aromatic heterocycles. The van der Waals surface area contributed by atoms with Crippen LogP contribution in [0.2, 0.25) is 0 Å². The van der Waals surface area contributed by atoms with Crippen LogP contribution in [0.5, 0.6) is 0 Å². The van der Waals surface area contributed by atoms with Gasteiger partial charge in [0.2, 0.25) is 0 Å². The molecule has 0 fully saturated rings. The van der Waals surface area contributed by atoms with Crippen molar-refractivity contribution in [1.82, 2.24) is 15.5 Å². The van der Waals surface area contributed by atoms with Gasteiger partial charge in [0.05, 0.1) is 0 Å². The van der Waals surface area contributed by atoms with Gasteiger partial charge in [0.25, 0.3) is 5.91 Å². The molecule has 0 saturated carbocycles. The summed E-state index contributed by atoms with van der Waals surface area (Å²) in [5, 5.41) is 11.2. The molecule has 0 atom stereocenters. The summed E-state index contributed by atoms with van der Waals surface area (Å²) < 4.78 is 0. The van der Waals surface area contributed by atoms with Crippen LogP contribution in [0.1, 0.15) is 35.5 Å². The van der Waals surface area contributed by atoms with Gasteiger partial charge in [-0.05, 0) is 35.6 Å². The van der Waals surface area contributed by atoms with E-state index in [9.17, 15) is 4.79 Å². The van der Waals surface area contributed by atoms with Crippen LogP contribution in [0.15, 0.2) is 36.4 Å². The highest BCUT2D eigenvalue weighted by molar-refractivity contribution is 5.92. The number of hydrogen-bond donors (Lipinski definition) is 1. The SMILES string of the molecule is CC(C)CNC(=O)c1ccc(N2CCc3ccccc3C2)nn1. The Morgan fingerprint density at radius 1 is 1.17 bits per heavy atom. The van der Waals surface area contributed by atoms with Gasteiger partial charge in [-0.3, -0.25) is 4.79 Å². The summed E-state index contributed by atoms with van der Waals surface area (Å²) in [5.41, 5.74) is 3.10. The molecular formula is C18H22N4O. The molecule has 1 aliphatic rings. The standard InChI is InChI=1S/C18H22N4O/c1-13(2)11-19-18(23)16-7-8-17(21-20-16)22-10-9-14-5-3-4-6-15(14)12-22/h3-8,13H,9-12H2,1-2H3,(H,19,23). The molecule has 0 spiro atoms. The second-order valence-electron chi connectivity index (χ2n) is 6.32. The van der Waals surface area contributed by atoms with E-state index >= 15 is 0 Å². The third-order valence-electron chi connectivity index (χ3n) is 4.01. The Kier molecular flexibility index (Phi) is 4.55. The molecule has 0 saturated heterocycles. The van der Waals surface area contributed by atoms with Crippen LogP contribution in [-0.2, 0) is 13.0 Å². The molecule has 0 bridgehead atoms. The van der Waals surface area contributed by atoms with Crippen molar-refractivity contribution in [2.45, 2.75) is 26.8 Å². The van der Waals surface area contributed by atoms with E-state index in [0.717, 1.165) is 25.3 Å². The number of nitrogens with one attached hydrogen (secondary N) is 1. The fraction of sp³-hybridized carbons (Fsp3) is 0.389. The number of amides is 1. The largest absolute Gasteiger partial charge is 0.350 e. The van der Waals surface area contributed by atoms with E-state index in [-0.39, 0.29) is 5.91 Å². The zero-order valence-electron chi connectivity index (χ0n) is 13.6. The van der Waals surface area contributed by atoms with Crippen LogP contribution in [0.3, 0.4) is 0 Å². The van der Waals surface area contributed by atoms with Gasteiger partial charge in [0.1, 0.15) is 0 Å². The first-order chi connectivity index (χ1) is 11.1. The highest BCUT2D eigenvalue weighted by atomic mass is 16.1. The molecular weight excluding hydrogens is 288 g/mol. The van der Waals surface area contributed by atoms with Crippen LogP contribution in [0.4, 0.5) is 5.82 Å². The van der Waals surface area contributed by atoms with E-state index in [1.165, 1.54) is 11.1 Å². The number of aromatic nitrogens is 2. The lowest BCUT2D eigenvalue weighted by molar-refractivity contribution is 0.0943. The van der Waals surface area contributed by atoms with Gasteiger partial charge in [-0.1, -0.05) is 38.1 Å². The van der Waals surface area contributed by atoms with Crippen molar-refractivity contribution in [2.24, 2.45) is 5.92 Å². The molecule has 5 heteroatoms. The third kappa shape index (κ3) is 3.67. The molecule has 120 valence electrons. The summed E-state index contributed by atoms with van der Waals surface area (Å²) >= 11 is 0. The summed E-state index contributed by atoms with van der Waals surface area (Å²) in [5.74, 6) is 1.07. The molecule has 1 aromatic carbocycles. The van der Waals surface area contributed by atoms with Crippen molar-refractivity contribution < 1.29 is 4.79 Å². The van der Waals surface area contributed by atoms with E-state index in [4.69, 9.17) is 0 Å². The number of nitrogens with zero attached hydrogens (tertiary/aromatic N) is 3. The summed E-state index contributed by atoms with van der Waals surface area (Å²) in [4.78, 5) is 14.2. The lowest BCUT2D eigenvalue weighted by Crippen LogP contribution is -2.32. The van der Waals surface area contributed by atoms with E-state index in [1.807, 2.05) is 6.07 Å². The van der Waals surface area contributed by atoms with Crippen LogP contribution in [-0.4, -0.2) is 29.2 Å². The smallest absolute Gasteiger partial charge is 0.271 e. The predicted molar refractivity (Wildman–Crippen MR) is 90.4 cm³/mol. The van der Waals surface area contributed by atoms with E-state index < -0.39 is 0 Å². The number of rotatable bonds is 4. The van der Waals surface area contributed by atoms with Crippen LogP contribution in [0.25, 0.3) is 0 Å². The van der Waals surface area contributed by atoms with Gasteiger partial charge in [-0.25, -0.2) is 0 Å². The van der Waals surface area contributed by atoms with Gasteiger partial charge in [-0.2, -0.15) is 0 Å². The lowest BCUT2D eigenvalue weighted by atomic mass is 10.00. The Bertz CT molecular complexity index is 682. The van der Waals surface area contributed by atoms with E-state index in [0.29, 0.717) is 18.2 Å². The number of carbonyl (C=O) groups excluding carboxylic acids is 1. The van der Waals surface area contributed by atoms with E-state index in [2.05, 4.69) is 58.5 Å². The van der Waals surface area contributed by atoms with Crippen LogP contribution >= 0.6 is 0 Å². The summed E-state index contributed by atoms with van der Waals surface area (Å²) in [6.07, 6.45) is 1.01. The number of hydrogen-bond acceptors (Lipinski definition) is 4. The zero-order chi connectivity index (χ0) is 16.2. The van der Waals surface area contributed by atoms with Crippen molar-refractivity contribution in [3.8, 4) is 0 Å². The van der Waals surface area contributed by atoms with Crippen LogP contribution < -0.4 is 10.2 Å². The molecule has 2 heterocycles.